The summed E-state index contributed by atoms with van der Waals surface area (Å²) in [6.07, 6.45) is -1.06. The molecule has 0 radical (unpaired) electrons. The first-order chi connectivity index (χ1) is 15.6. The SMILES string of the molecule is C[C@@H](OC(=O)c1ccccc1SC[C@]1(C)NC(=O)NC1=O)C(=O)N(C)Cc1cccc(F)c1. The van der Waals surface area contributed by atoms with Gasteiger partial charge in [-0.05, 0) is 43.7 Å². The van der Waals surface area contributed by atoms with Crippen molar-refractivity contribution in [3.05, 3.63) is 65.5 Å². The van der Waals surface area contributed by atoms with Crippen molar-refractivity contribution >= 4 is 35.6 Å². The molecule has 33 heavy (non-hydrogen) atoms. The Morgan fingerprint density at radius 3 is 2.58 bits per heavy atom. The van der Waals surface area contributed by atoms with E-state index < -0.39 is 41.3 Å². The van der Waals surface area contributed by atoms with Gasteiger partial charge in [-0.2, -0.15) is 0 Å². The molecule has 1 saturated heterocycles. The first kappa shape index (κ1) is 24.2. The van der Waals surface area contributed by atoms with Gasteiger partial charge in [0, 0.05) is 24.2 Å². The third-order valence-corrected chi connectivity index (χ3v) is 6.45. The van der Waals surface area contributed by atoms with Crippen LogP contribution >= 0.6 is 11.8 Å². The van der Waals surface area contributed by atoms with E-state index in [0.29, 0.717) is 10.5 Å². The van der Waals surface area contributed by atoms with Crippen LogP contribution in [0.3, 0.4) is 0 Å². The monoisotopic (exact) mass is 473 g/mol. The molecule has 4 amide bonds. The van der Waals surface area contributed by atoms with Gasteiger partial charge in [-0.3, -0.25) is 14.9 Å². The number of imide groups is 1. The van der Waals surface area contributed by atoms with Gasteiger partial charge >= 0.3 is 12.0 Å². The number of urea groups is 1. The second-order valence-corrected chi connectivity index (χ2v) is 8.91. The third kappa shape index (κ3) is 5.89. The minimum absolute atomic E-state index is 0.164. The van der Waals surface area contributed by atoms with Gasteiger partial charge in [0.1, 0.15) is 11.4 Å². The second-order valence-electron chi connectivity index (χ2n) is 7.90. The maximum atomic E-state index is 13.4. The minimum Gasteiger partial charge on any atom is -0.449 e. The van der Waals surface area contributed by atoms with Crippen molar-refractivity contribution in [1.29, 1.82) is 0 Å². The quantitative estimate of drug-likeness (QED) is 0.347. The van der Waals surface area contributed by atoms with Crippen LogP contribution in [-0.2, 0) is 20.9 Å². The van der Waals surface area contributed by atoms with Crippen LogP contribution in [0.5, 0.6) is 0 Å². The molecule has 2 aromatic rings. The molecule has 0 bridgehead atoms. The highest BCUT2D eigenvalue weighted by atomic mass is 32.2. The van der Waals surface area contributed by atoms with Gasteiger partial charge in [0.15, 0.2) is 6.10 Å². The molecule has 1 aliphatic rings. The lowest BCUT2D eigenvalue weighted by atomic mass is 10.1. The molecule has 0 unspecified atom stereocenters. The number of halogens is 1. The number of nitrogens with one attached hydrogen (secondary N) is 2. The average Bonchev–Trinajstić information content (AvgIpc) is 3.03. The fraction of sp³-hybridized carbons (Fsp3) is 0.304. The molecule has 2 atom stereocenters. The van der Waals surface area contributed by atoms with E-state index in [-0.39, 0.29) is 17.9 Å². The van der Waals surface area contributed by atoms with E-state index in [0.717, 1.165) is 0 Å². The normalized spacial score (nSPS) is 18.3. The molecule has 1 heterocycles. The largest absolute Gasteiger partial charge is 0.449 e. The lowest BCUT2D eigenvalue weighted by molar-refractivity contribution is -0.139. The Balaban J connectivity index is 1.63. The average molecular weight is 474 g/mol. The molecule has 2 aromatic carbocycles. The molecule has 0 saturated carbocycles. The lowest BCUT2D eigenvalue weighted by Gasteiger charge is -2.22. The molecule has 1 fully saturated rings. The Hall–Kier alpha value is -3.40. The first-order valence-corrected chi connectivity index (χ1v) is 11.1. The predicted octanol–water partition coefficient (Wildman–Crippen LogP) is 2.72. The number of ether oxygens (including phenoxy) is 1. The number of hydrogen-bond acceptors (Lipinski definition) is 6. The predicted molar refractivity (Wildman–Crippen MR) is 120 cm³/mol. The van der Waals surface area contributed by atoms with Crippen molar-refractivity contribution in [2.75, 3.05) is 12.8 Å². The van der Waals surface area contributed by atoms with Gasteiger partial charge in [-0.15, -0.1) is 11.8 Å². The Morgan fingerprint density at radius 2 is 1.91 bits per heavy atom. The van der Waals surface area contributed by atoms with Crippen molar-refractivity contribution in [2.45, 2.75) is 36.9 Å². The summed E-state index contributed by atoms with van der Waals surface area (Å²) in [5.41, 5.74) is -0.257. The molecule has 8 nitrogen and oxygen atoms in total. The van der Waals surface area contributed by atoms with E-state index in [2.05, 4.69) is 10.6 Å². The number of rotatable bonds is 8. The molecule has 0 aliphatic carbocycles. The molecule has 1 aliphatic heterocycles. The smallest absolute Gasteiger partial charge is 0.340 e. The Morgan fingerprint density at radius 1 is 1.18 bits per heavy atom. The van der Waals surface area contributed by atoms with Crippen LogP contribution in [0.4, 0.5) is 9.18 Å². The van der Waals surface area contributed by atoms with Gasteiger partial charge < -0.3 is 15.0 Å². The lowest BCUT2D eigenvalue weighted by Crippen LogP contribution is -2.46. The number of benzene rings is 2. The number of esters is 1. The van der Waals surface area contributed by atoms with E-state index in [4.69, 9.17) is 4.74 Å². The Bertz CT molecular complexity index is 1100. The molecule has 2 N–H and O–H groups in total. The maximum absolute atomic E-state index is 13.4. The van der Waals surface area contributed by atoms with Crippen LogP contribution in [0.2, 0.25) is 0 Å². The molecule has 10 heteroatoms. The van der Waals surface area contributed by atoms with Crippen molar-refractivity contribution in [3.8, 4) is 0 Å². The molecular formula is C23H24FN3O5S. The summed E-state index contributed by atoms with van der Waals surface area (Å²) in [6.45, 7) is 3.23. The third-order valence-electron chi connectivity index (χ3n) is 5.06. The summed E-state index contributed by atoms with van der Waals surface area (Å²) in [4.78, 5) is 50.8. The number of thioether (sulfide) groups is 1. The van der Waals surface area contributed by atoms with Gasteiger partial charge in [-0.25, -0.2) is 14.0 Å². The van der Waals surface area contributed by atoms with Crippen LogP contribution in [0.25, 0.3) is 0 Å². The van der Waals surface area contributed by atoms with E-state index in [1.807, 2.05) is 0 Å². The fourth-order valence-corrected chi connectivity index (χ4v) is 4.37. The fourth-order valence-electron chi connectivity index (χ4n) is 3.24. The summed E-state index contributed by atoms with van der Waals surface area (Å²) < 4.78 is 18.8. The van der Waals surface area contributed by atoms with Crippen molar-refractivity contribution in [1.82, 2.24) is 15.5 Å². The molecule has 0 spiro atoms. The van der Waals surface area contributed by atoms with Crippen molar-refractivity contribution < 1.29 is 28.3 Å². The van der Waals surface area contributed by atoms with E-state index in [1.165, 1.54) is 35.7 Å². The molecule has 0 aromatic heterocycles. The van der Waals surface area contributed by atoms with Gasteiger partial charge in [0.2, 0.25) is 0 Å². The zero-order valence-electron chi connectivity index (χ0n) is 18.4. The van der Waals surface area contributed by atoms with Crippen LogP contribution in [0, 0.1) is 5.82 Å². The number of carbonyl (C=O) groups is 4. The summed E-state index contributed by atoms with van der Waals surface area (Å²) in [5.74, 6) is -1.77. The van der Waals surface area contributed by atoms with Crippen LogP contribution in [0.15, 0.2) is 53.4 Å². The number of likely N-dealkylation sites (N-methyl/N-ethyl adjacent to an activating group) is 1. The topological polar surface area (TPSA) is 105 Å². The zero-order valence-corrected chi connectivity index (χ0v) is 19.2. The van der Waals surface area contributed by atoms with E-state index >= 15 is 0 Å². The number of amides is 4. The Kier molecular flexibility index (Phi) is 7.37. The van der Waals surface area contributed by atoms with E-state index in [9.17, 15) is 23.6 Å². The minimum atomic E-state index is -1.11. The summed E-state index contributed by atoms with van der Waals surface area (Å²) in [5, 5.41) is 4.77. The molecule has 174 valence electrons. The molecular weight excluding hydrogens is 449 g/mol. The summed E-state index contributed by atoms with van der Waals surface area (Å²) >= 11 is 1.21. The highest BCUT2D eigenvalue weighted by molar-refractivity contribution is 7.99. The number of hydrogen-bond donors (Lipinski definition) is 2. The van der Waals surface area contributed by atoms with Gasteiger partial charge in [-0.1, -0.05) is 24.3 Å². The van der Waals surface area contributed by atoms with Crippen LogP contribution in [0.1, 0.15) is 29.8 Å². The van der Waals surface area contributed by atoms with Crippen molar-refractivity contribution in [2.24, 2.45) is 0 Å². The first-order valence-electron chi connectivity index (χ1n) is 10.1. The summed E-state index contributed by atoms with van der Waals surface area (Å²) in [6, 6.07) is 12.0. The highest BCUT2D eigenvalue weighted by Crippen LogP contribution is 2.28. The standard InChI is InChI=1S/C23H24FN3O5S/c1-14(19(28)27(3)12-15-7-6-8-16(24)11-15)32-20(29)17-9-4-5-10-18(17)33-13-23(2)21(30)25-22(31)26-23/h4-11,14H,12-13H2,1-3H3,(H2,25,26,30,31)/t14-,23+/m1/s1. The molecule has 3 rings (SSSR count). The van der Waals surface area contributed by atoms with Crippen molar-refractivity contribution in [3.63, 3.8) is 0 Å². The van der Waals surface area contributed by atoms with Gasteiger partial charge in [0.05, 0.1) is 5.56 Å². The highest BCUT2D eigenvalue weighted by Gasteiger charge is 2.42. The zero-order chi connectivity index (χ0) is 24.2. The number of carbonyl (C=O) groups excluding carboxylic acids is 4. The van der Waals surface area contributed by atoms with E-state index in [1.54, 1.807) is 50.4 Å². The maximum Gasteiger partial charge on any atom is 0.340 e. The number of nitrogens with zero attached hydrogens (tertiary/aromatic N) is 1. The summed E-state index contributed by atoms with van der Waals surface area (Å²) in [7, 11) is 1.54. The van der Waals surface area contributed by atoms with Gasteiger partial charge in [0.25, 0.3) is 11.8 Å². The Labute approximate surface area is 194 Å². The van der Waals surface area contributed by atoms with Crippen LogP contribution < -0.4 is 10.6 Å². The second kappa shape index (κ2) is 10.0. The van der Waals surface area contributed by atoms with Crippen LogP contribution in [-0.4, -0.2) is 53.2 Å².